The minimum absolute atomic E-state index is 0.0332. The molecule has 1 N–H and O–H groups in total. The maximum absolute atomic E-state index is 11.4. The first-order valence-electron chi connectivity index (χ1n) is 7.35. The smallest absolute Gasteiger partial charge is 0.221 e. The molecule has 0 aliphatic rings. The lowest BCUT2D eigenvalue weighted by atomic mass is 10.1. The molecule has 2 aromatic rings. The SMILES string of the molecule is CC(C)CC(=O)NCC#CCOc1ccc2cccnc2c1. The molecule has 0 saturated heterocycles. The van der Waals surface area contributed by atoms with Gasteiger partial charge in [0.15, 0.2) is 0 Å². The molecule has 0 aliphatic heterocycles. The third kappa shape index (κ3) is 5.10. The zero-order valence-corrected chi connectivity index (χ0v) is 12.9. The van der Waals surface area contributed by atoms with Crippen LogP contribution < -0.4 is 10.1 Å². The van der Waals surface area contributed by atoms with Crippen LogP contribution >= 0.6 is 0 Å². The molecule has 0 radical (unpaired) electrons. The number of carbonyl (C=O) groups excluding carboxylic acids is 1. The Kier molecular flexibility index (Phi) is 5.79. The van der Waals surface area contributed by atoms with Crippen LogP contribution in [0, 0.1) is 17.8 Å². The molecule has 0 aliphatic carbocycles. The first-order chi connectivity index (χ1) is 10.6. The Balaban J connectivity index is 1.76. The third-order valence-corrected chi connectivity index (χ3v) is 2.98. The number of hydrogen-bond acceptors (Lipinski definition) is 3. The molecule has 0 fully saturated rings. The van der Waals surface area contributed by atoms with E-state index in [-0.39, 0.29) is 5.91 Å². The number of nitrogens with zero attached hydrogens (tertiary/aromatic N) is 1. The number of benzene rings is 1. The van der Waals surface area contributed by atoms with Crippen LogP contribution in [-0.2, 0) is 4.79 Å². The van der Waals surface area contributed by atoms with Crippen LogP contribution in [-0.4, -0.2) is 24.0 Å². The highest BCUT2D eigenvalue weighted by atomic mass is 16.5. The lowest BCUT2D eigenvalue weighted by Gasteiger charge is -2.04. The zero-order chi connectivity index (χ0) is 15.8. The second-order valence-corrected chi connectivity index (χ2v) is 5.37. The predicted molar refractivity (Wildman–Crippen MR) is 87.5 cm³/mol. The van der Waals surface area contributed by atoms with Crippen molar-refractivity contribution in [3.63, 3.8) is 0 Å². The van der Waals surface area contributed by atoms with Crippen LogP contribution in [0.5, 0.6) is 5.75 Å². The van der Waals surface area contributed by atoms with E-state index in [9.17, 15) is 4.79 Å². The van der Waals surface area contributed by atoms with Gasteiger partial charge in [0, 0.05) is 24.1 Å². The molecule has 0 atom stereocenters. The van der Waals surface area contributed by atoms with Gasteiger partial charge in [0.25, 0.3) is 0 Å². The fraction of sp³-hybridized carbons (Fsp3) is 0.333. The highest BCUT2D eigenvalue weighted by molar-refractivity contribution is 5.79. The predicted octanol–water partition coefficient (Wildman–Crippen LogP) is 2.78. The minimum atomic E-state index is 0.0332. The van der Waals surface area contributed by atoms with E-state index >= 15 is 0 Å². The molecule has 2 rings (SSSR count). The number of fused-ring (bicyclic) bond motifs is 1. The van der Waals surface area contributed by atoms with Crippen LogP contribution in [0.3, 0.4) is 0 Å². The molecule has 1 heterocycles. The van der Waals surface area contributed by atoms with Gasteiger partial charge in [-0.05, 0) is 24.1 Å². The molecule has 1 aromatic carbocycles. The zero-order valence-electron chi connectivity index (χ0n) is 12.9. The summed E-state index contributed by atoms with van der Waals surface area (Å²) in [4.78, 5) is 15.7. The van der Waals surface area contributed by atoms with Gasteiger partial charge in [0.05, 0.1) is 12.1 Å². The van der Waals surface area contributed by atoms with Gasteiger partial charge in [-0.3, -0.25) is 9.78 Å². The number of carbonyl (C=O) groups is 1. The summed E-state index contributed by atoms with van der Waals surface area (Å²) >= 11 is 0. The van der Waals surface area contributed by atoms with E-state index in [0.717, 1.165) is 16.7 Å². The highest BCUT2D eigenvalue weighted by Crippen LogP contribution is 2.18. The highest BCUT2D eigenvalue weighted by Gasteiger charge is 2.02. The van der Waals surface area contributed by atoms with Crippen LogP contribution in [0.4, 0.5) is 0 Å². The maximum atomic E-state index is 11.4. The largest absolute Gasteiger partial charge is 0.481 e. The molecule has 0 bridgehead atoms. The van der Waals surface area contributed by atoms with E-state index in [0.29, 0.717) is 25.5 Å². The first-order valence-corrected chi connectivity index (χ1v) is 7.35. The van der Waals surface area contributed by atoms with Crippen molar-refractivity contribution in [1.82, 2.24) is 10.3 Å². The summed E-state index contributed by atoms with van der Waals surface area (Å²) in [6.07, 6.45) is 2.29. The number of ether oxygens (including phenoxy) is 1. The van der Waals surface area contributed by atoms with Gasteiger partial charge in [-0.25, -0.2) is 0 Å². The Morgan fingerprint density at radius 2 is 2.18 bits per heavy atom. The van der Waals surface area contributed by atoms with E-state index in [1.807, 2.05) is 44.2 Å². The Morgan fingerprint density at radius 3 is 3.00 bits per heavy atom. The molecule has 4 heteroatoms. The molecule has 0 spiro atoms. The Labute approximate surface area is 130 Å². The second kappa shape index (κ2) is 8.04. The van der Waals surface area contributed by atoms with Crippen molar-refractivity contribution in [3.05, 3.63) is 36.5 Å². The number of amides is 1. The van der Waals surface area contributed by atoms with E-state index in [1.165, 1.54) is 0 Å². The standard InChI is InChI=1S/C18H20N2O2/c1-14(2)12-18(21)20-9-3-4-11-22-16-8-7-15-6-5-10-19-17(15)13-16/h5-8,10,13-14H,9,11-12H2,1-2H3,(H,20,21). The maximum Gasteiger partial charge on any atom is 0.221 e. The summed E-state index contributed by atoms with van der Waals surface area (Å²) in [6.45, 7) is 4.67. The average Bonchev–Trinajstić information content (AvgIpc) is 2.50. The fourth-order valence-corrected chi connectivity index (χ4v) is 1.95. The van der Waals surface area contributed by atoms with Gasteiger partial charge >= 0.3 is 0 Å². The molecule has 4 nitrogen and oxygen atoms in total. The number of rotatable bonds is 5. The summed E-state index contributed by atoms with van der Waals surface area (Å²) in [5.74, 6) is 6.89. The monoisotopic (exact) mass is 296 g/mol. The molecule has 0 saturated carbocycles. The Bertz CT molecular complexity index is 699. The van der Waals surface area contributed by atoms with Gasteiger partial charge in [0.1, 0.15) is 12.4 Å². The van der Waals surface area contributed by atoms with Crippen molar-refractivity contribution in [2.75, 3.05) is 13.2 Å². The molecule has 1 aromatic heterocycles. The number of pyridine rings is 1. The Hall–Kier alpha value is -2.54. The number of nitrogens with one attached hydrogen (secondary N) is 1. The summed E-state index contributed by atoms with van der Waals surface area (Å²) in [5, 5.41) is 3.84. The van der Waals surface area contributed by atoms with Crippen molar-refractivity contribution in [2.45, 2.75) is 20.3 Å². The van der Waals surface area contributed by atoms with Crippen LogP contribution in [0.25, 0.3) is 10.9 Å². The normalized spacial score (nSPS) is 10.1. The van der Waals surface area contributed by atoms with Gasteiger partial charge in [-0.2, -0.15) is 0 Å². The van der Waals surface area contributed by atoms with E-state index in [2.05, 4.69) is 22.1 Å². The van der Waals surface area contributed by atoms with Gasteiger partial charge in [-0.1, -0.05) is 31.8 Å². The van der Waals surface area contributed by atoms with Crippen molar-refractivity contribution in [3.8, 4) is 17.6 Å². The summed E-state index contributed by atoms with van der Waals surface area (Å²) < 4.78 is 5.56. The average molecular weight is 296 g/mol. The van der Waals surface area contributed by atoms with Crippen molar-refractivity contribution >= 4 is 16.8 Å². The van der Waals surface area contributed by atoms with Crippen LogP contribution in [0.15, 0.2) is 36.5 Å². The fourth-order valence-electron chi connectivity index (χ4n) is 1.95. The van der Waals surface area contributed by atoms with Crippen molar-refractivity contribution in [2.24, 2.45) is 5.92 Å². The second-order valence-electron chi connectivity index (χ2n) is 5.37. The van der Waals surface area contributed by atoms with Crippen LogP contribution in [0.1, 0.15) is 20.3 Å². The summed E-state index contributed by atoms with van der Waals surface area (Å²) in [5.41, 5.74) is 0.897. The van der Waals surface area contributed by atoms with Gasteiger partial charge < -0.3 is 10.1 Å². The Morgan fingerprint density at radius 1 is 1.32 bits per heavy atom. The van der Waals surface area contributed by atoms with Crippen molar-refractivity contribution < 1.29 is 9.53 Å². The summed E-state index contributed by atoms with van der Waals surface area (Å²) in [6, 6.07) is 9.67. The topological polar surface area (TPSA) is 51.2 Å². The molecular formula is C18H20N2O2. The first kappa shape index (κ1) is 15.8. The lowest BCUT2D eigenvalue weighted by Crippen LogP contribution is -2.24. The van der Waals surface area contributed by atoms with Crippen LogP contribution in [0.2, 0.25) is 0 Å². The molecular weight excluding hydrogens is 276 g/mol. The van der Waals surface area contributed by atoms with Gasteiger partial charge in [0.2, 0.25) is 5.91 Å². The minimum Gasteiger partial charge on any atom is -0.481 e. The third-order valence-electron chi connectivity index (χ3n) is 2.98. The quantitative estimate of drug-likeness (QED) is 0.863. The van der Waals surface area contributed by atoms with Gasteiger partial charge in [-0.15, -0.1) is 0 Å². The molecule has 1 amide bonds. The molecule has 0 unspecified atom stereocenters. The molecule has 22 heavy (non-hydrogen) atoms. The summed E-state index contributed by atoms with van der Waals surface area (Å²) in [7, 11) is 0. The van der Waals surface area contributed by atoms with E-state index in [1.54, 1.807) is 6.20 Å². The number of aromatic nitrogens is 1. The number of hydrogen-bond donors (Lipinski definition) is 1. The van der Waals surface area contributed by atoms with E-state index < -0.39 is 0 Å². The molecule has 114 valence electrons. The van der Waals surface area contributed by atoms with Crippen molar-refractivity contribution in [1.29, 1.82) is 0 Å². The van der Waals surface area contributed by atoms with E-state index in [4.69, 9.17) is 4.74 Å². The lowest BCUT2D eigenvalue weighted by molar-refractivity contribution is -0.121.